The monoisotopic (exact) mass is 273 g/mol. The molecule has 0 aliphatic rings. The summed E-state index contributed by atoms with van der Waals surface area (Å²) in [6, 6.07) is 6.73. The van der Waals surface area contributed by atoms with E-state index in [0.717, 1.165) is 0 Å². The molecule has 0 unspecified atom stereocenters. The molecule has 7 nitrogen and oxygen atoms in total. The van der Waals surface area contributed by atoms with Gasteiger partial charge >= 0.3 is 12.0 Å². The number of anilines is 2. The molecular formula is C13H11N3O4. The summed E-state index contributed by atoms with van der Waals surface area (Å²) in [5.41, 5.74) is 0.189. The molecule has 0 saturated carbocycles. The molecule has 0 radical (unpaired) electrons. The predicted molar refractivity (Wildman–Crippen MR) is 71.9 cm³/mol. The molecule has 4 N–H and O–H groups in total. The number of pyridine rings is 1. The van der Waals surface area contributed by atoms with Crippen LogP contribution >= 0.6 is 0 Å². The lowest BCUT2D eigenvalue weighted by atomic mass is 10.1. The fourth-order valence-corrected chi connectivity index (χ4v) is 1.54. The van der Waals surface area contributed by atoms with Gasteiger partial charge in [0.25, 0.3) is 0 Å². The number of carboxylic acids is 1. The Bertz CT molecular complexity index is 643. The minimum Gasteiger partial charge on any atom is -0.505 e. The maximum Gasteiger partial charge on any atom is 0.339 e. The molecule has 0 saturated heterocycles. The van der Waals surface area contributed by atoms with E-state index in [1.165, 1.54) is 24.4 Å². The normalized spacial score (nSPS) is 9.80. The van der Waals surface area contributed by atoms with E-state index < -0.39 is 17.7 Å². The Balaban J connectivity index is 2.12. The molecular weight excluding hydrogens is 262 g/mol. The molecule has 2 amide bonds. The highest BCUT2D eigenvalue weighted by atomic mass is 16.4. The number of amides is 2. The van der Waals surface area contributed by atoms with Crippen molar-refractivity contribution in [2.75, 3.05) is 10.6 Å². The molecule has 0 spiro atoms. The maximum absolute atomic E-state index is 11.7. The average Bonchev–Trinajstić information content (AvgIpc) is 2.42. The highest BCUT2D eigenvalue weighted by Crippen LogP contribution is 2.27. The molecule has 7 heteroatoms. The number of rotatable bonds is 3. The molecule has 1 aromatic carbocycles. The summed E-state index contributed by atoms with van der Waals surface area (Å²) < 4.78 is 0. The number of carbonyl (C=O) groups is 2. The Labute approximate surface area is 113 Å². The van der Waals surface area contributed by atoms with E-state index in [1.807, 2.05) is 0 Å². The van der Waals surface area contributed by atoms with Gasteiger partial charge in [0.15, 0.2) is 5.75 Å². The zero-order valence-electron chi connectivity index (χ0n) is 10.2. The summed E-state index contributed by atoms with van der Waals surface area (Å²) in [5, 5.41) is 23.5. The number of nitrogens with one attached hydrogen (secondary N) is 2. The molecule has 0 bridgehead atoms. The van der Waals surface area contributed by atoms with Crippen LogP contribution in [0.3, 0.4) is 0 Å². The molecule has 20 heavy (non-hydrogen) atoms. The molecule has 1 aromatic heterocycles. The number of nitrogens with zero attached hydrogens (tertiary/aromatic N) is 1. The topological polar surface area (TPSA) is 112 Å². The molecule has 0 aliphatic carbocycles. The number of aromatic carboxylic acids is 1. The van der Waals surface area contributed by atoms with Crippen molar-refractivity contribution in [2.24, 2.45) is 0 Å². The molecule has 2 rings (SSSR count). The first-order chi connectivity index (χ1) is 9.58. The summed E-state index contributed by atoms with van der Waals surface area (Å²) in [7, 11) is 0. The molecule has 2 aromatic rings. The van der Waals surface area contributed by atoms with Gasteiger partial charge in [-0.3, -0.25) is 4.98 Å². The van der Waals surface area contributed by atoms with Crippen LogP contribution in [0.5, 0.6) is 5.75 Å². The Morgan fingerprint density at radius 3 is 2.55 bits per heavy atom. The van der Waals surface area contributed by atoms with Crippen molar-refractivity contribution in [3.8, 4) is 5.75 Å². The number of aromatic nitrogens is 1. The molecule has 0 aliphatic heterocycles. The van der Waals surface area contributed by atoms with Gasteiger partial charge < -0.3 is 20.8 Å². The van der Waals surface area contributed by atoms with Crippen LogP contribution in [0.15, 0.2) is 42.7 Å². The van der Waals surface area contributed by atoms with E-state index in [2.05, 4.69) is 15.6 Å². The van der Waals surface area contributed by atoms with Crippen LogP contribution in [0.4, 0.5) is 16.2 Å². The zero-order valence-corrected chi connectivity index (χ0v) is 10.2. The van der Waals surface area contributed by atoms with E-state index in [4.69, 9.17) is 5.11 Å². The lowest BCUT2D eigenvalue weighted by molar-refractivity contribution is 0.0694. The fourth-order valence-electron chi connectivity index (χ4n) is 1.54. The quantitative estimate of drug-likeness (QED) is 0.640. The van der Waals surface area contributed by atoms with Crippen LogP contribution in [-0.2, 0) is 0 Å². The van der Waals surface area contributed by atoms with Crippen molar-refractivity contribution in [1.29, 1.82) is 0 Å². The van der Waals surface area contributed by atoms with Gasteiger partial charge in [0.2, 0.25) is 0 Å². The lowest BCUT2D eigenvalue weighted by Crippen LogP contribution is -2.19. The lowest BCUT2D eigenvalue weighted by Gasteiger charge is -2.10. The third kappa shape index (κ3) is 3.02. The first kappa shape index (κ1) is 13.3. The summed E-state index contributed by atoms with van der Waals surface area (Å²) in [6.45, 7) is 0. The highest BCUT2D eigenvalue weighted by Gasteiger charge is 2.14. The SMILES string of the molecule is O=C(Nc1cccnc1)Nc1cccc(C(=O)O)c1O. The fraction of sp³-hybridized carbons (Fsp3) is 0. The second kappa shape index (κ2) is 5.70. The van der Waals surface area contributed by atoms with Crippen LogP contribution in [0.2, 0.25) is 0 Å². The van der Waals surface area contributed by atoms with E-state index in [0.29, 0.717) is 5.69 Å². The third-order valence-electron chi connectivity index (χ3n) is 2.43. The van der Waals surface area contributed by atoms with Gasteiger partial charge in [0.05, 0.1) is 17.6 Å². The highest BCUT2D eigenvalue weighted by molar-refractivity contribution is 6.02. The smallest absolute Gasteiger partial charge is 0.339 e. The number of carbonyl (C=O) groups excluding carboxylic acids is 1. The van der Waals surface area contributed by atoms with Crippen molar-refractivity contribution in [2.45, 2.75) is 0 Å². The van der Waals surface area contributed by atoms with Crippen LogP contribution in [0.1, 0.15) is 10.4 Å². The van der Waals surface area contributed by atoms with Crippen molar-refractivity contribution >= 4 is 23.4 Å². The summed E-state index contributed by atoms with van der Waals surface area (Å²) in [6.07, 6.45) is 3.01. The van der Waals surface area contributed by atoms with Gasteiger partial charge in [-0.2, -0.15) is 0 Å². The first-order valence-electron chi connectivity index (χ1n) is 5.61. The Morgan fingerprint density at radius 1 is 1.10 bits per heavy atom. The van der Waals surface area contributed by atoms with Gasteiger partial charge in [-0.25, -0.2) is 9.59 Å². The second-order valence-electron chi connectivity index (χ2n) is 3.83. The van der Waals surface area contributed by atoms with Crippen molar-refractivity contribution in [3.05, 3.63) is 48.3 Å². The second-order valence-corrected chi connectivity index (χ2v) is 3.83. The van der Waals surface area contributed by atoms with Crippen molar-refractivity contribution in [3.63, 3.8) is 0 Å². The Hall–Kier alpha value is -3.09. The number of hydrogen-bond donors (Lipinski definition) is 4. The van der Waals surface area contributed by atoms with Crippen LogP contribution in [0, 0.1) is 0 Å². The number of para-hydroxylation sites is 1. The summed E-state index contributed by atoms with van der Waals surface area (Å²) in [4.78, 5) is 26.4. The standard InChI is InChI=1S/C13H11N3O4/c17-11-9(12(18)19)4-1-5-10(11)16-13(20)15-8-3-2-6-14-7-8/h1-7,17H,(H,18,19)(H2,15,16,20). The molecule has 0 atom stereocenters. The van der Waals surface area contributed by atoms with Gasteiger partial charge in [-0.15, -0.1) is 0 Å². The number of benzene rings is 1. The number of aromatic hydroxyl groups is 1. The summed E-state index contributed by atoms with van der Waals surface area (Å²) >= 11 is 0. The predicted octanol–water partition coefficient (Wildman–Crippen LogP) is 2.13. The number of carboxylic acid groups (broad SMARTS) is 1. The minimum atomic E-state index is -1.28. The van der Waals surface area contributed by atoms with Crippen LogP contribution in [-0.4, -0.2) is 27.2 Å². The van der Waals surface area contributed by atoms with Crippen LogP contribution < -0.4 is 10.6 Å². The van der Waals surface area contributed by atoms with E-state index in [1.54, 1.807) is 18.3 Å². The van der Waals surface area contributed by atoms with E-state index >= 15 is 0 Å². The molecule has 102 valence electrons. The number of hydrogen-bond acceptors (Lipinski definition) is 4. The average molecular weight is 273 g/mol. The zero-order chi connectivity index (χ0) is 14.5. The minimum absolute atomic E-state index is 0.00582. The van der Waals surface area contributed by atoms with Crippen molar-refractivity contribution in [1.82, 2.24) is 4.98 Å². The third-order valence-corrected chi connectivity index (χ3v) is 2.43. The number of phenols is 1. The van der Waals surface area contributed by atoms with E-state index in [9.17, 15) is 14.7 Å². The first-order valence-corrected chi connectivity index (χ1v) is 5.61. The molecule has 0 fully saturated rings. The largest absolute Gasteiger partial charge is 0.505 e. The van der Waals surface area contributed by atoms with Crippen LogP contribution in [0.25, 0.3) is 0 Å². The number of urea groups is 1. The van der Waals surface area contributed by atoms with Crippen molar-refractivity contribution < 1.29 is 19.8 Å². The maximum atomic E-state index is 11.7. The van der Waals surface area contributed by atoms with Gasteiger partial charge in [-0.05, 0) is 24.3 Å². The summed E-state index contributed by atoms with van der Waals surface area (Å²) in [5.74, 6) is -1.78. The van der Waals surface area contributed by atoms with E-state index in [-0.39, 0.29) is 11.3 Å². The Morgan fingerprint density at radius 2 is 1.90 bits per heavy atom. The van der Waals surface area contributed by atoms with Gasteiger partial charge in [-0.1, -0.05) is 6.07 Å². The van der Waals surface area contributed by atoms with Gasteiger partial charge in [0.1, 0.15) is 5.56 Å². The Kier molecular flexibility index (Phi) is 3.80. The van der Waals surface area contributed by atoms with Gasteiger partial charge in [0, 0.05) is 6.20 Å². The molecule has 1 heterocycles.